The lowest BCUT2D eigenvalue weighted by Gasteiger charge is -2.32. The van der Waals surface area contributed by atoms with Crippen molar-refractivity contribution < 1.29 is 14.7 Å². The highest BCUT2D eigenvalue weighted by Crippen LogP contribution is 2.24. The van der Waals surface area contributed by atoms with Crippen molar-refractivity contribution in [1.82, 2.24) is 5.32 Å². The molecule has 0 bridgehead atoms. The summed E-state index contributed by atoms with van der Waals surface area (Å²) in [5.74, 6) is -1.84. The van der Waals surface area contributed by atoms with Gasteiger partial charge in [0.2, 0.25) is 0 Å². The number of carboxylic acid groups (broad SMARTS) is 1. The smallest absolute Gasteiger partial charge is 0.251 e. The first-order valence-electron chi connectivity index (χ1n) is 6.25. The van der Waals surface area contributed by atoms with Crippen LogP contribution in [0.15, 0.2) is 30.3 Å². The van der Waals surface area contributed by atoms with Crippen LogP contribution in [0.4, 0.5) is 0 Å². The quantitative estimate of drug-likeness (QED) is 0.854. The molecule has 1 aromatic carbocycles. The van der Waals surface area contributed by atoms with Crippen LogP contribution >= 0.6 is 0 Å². The highest BCUT2D eigenvalue weighted by atomic mass is 16.4. The molecule has 96 valence electrons. The molecule has 0 saturated heterocycles. The van der Waals surface area contributed by atoms with E-state index >= 15 is 0 Å². The van der Waals surface area contributed by atoms with Gasteiger partial charge in [0.15, 0.2) is 0 Å². The van der Waals surface area contributed by atoms with Crippen LogP contribution in [0.5, 0.6) is 0 Å². The van der Waals surface area contributed by atoms with Crippen LogP contribution in [-0.4, -0.2) is 17.9 Å². The molecule has 1 aliphatic rings. The van der Waals surface area contributed by atoms with Gasteiger partial charge in [0.25, 0.3) is 5.91 Å². The van der Waals surface area contributed by atoms with Crippen LogP contribution in [0.3, 0.4) is 0 Å². The van der Waals surface area contributed by atoms with E-state index in [1.54, 1.807) is 24.3 Å². The largest absolute Gasteiger partial charge is 0.550 e. The van der Waals surface area contributed by atoms with E-state index < -0.39 is 11.9 Å². The number of benzene rings is 1. The summed E-state index contributed by atoms with van der Waals surface area (Å²) in [6.45, 7) is 0. The number of carboxylic acids is 1. The van der Waals surface area contributed by atoms with E-state index in [0.29, 0.717) is 18.4 Å². The van der Waals surface area contributed by atoms with Gasteiger partial charge in [0.1, 0.15) is 0 Å². The summed E-state index contributed by atoms with van der Waals surface area (Å²) in [5.41, 5.74) is 0.556. The number of hydrogen-bond donors (Lipinski definition) is 1. The van der Waals surface area contributed by atoms with Crippen LogP contribution < -0.4 is 10.4 Å². The molecule has 2 atom stereocenters. The Morgan fingerprint density at radius 3 is 2.44 bits per heavy atom. The molecular weight excluding hydrogens is 230 g/mol. The minimum atomic E-state index is -1.06. The monoisotopic (exact) mass is 246 g/mol. The number of carbonyl (C=O) groups excluding carboxylic acids is 2. The molecule has 1 saturated carbocycles. The van der Waals surface area contributed by atoms with Gasteiger partial charge in [-0.05, 0) is 25.0 Å². The van der Waals surface area contributed by atoms with Gasteiger partial charge in [0.05, 0.1) is 0 Å². The van der Waals surface area contributed by atoms with Gasteiger partial charge in [-0.2, -0.15) is 0 Å². The Morgan fingerprint density at radius 1 is 1.11 bits per heavy atom. The second-order valence-corrected chi connectivity index (χ2v) is 4.66. The normalized spacial score (nSPS) is 23.3. The molecule has 0 heterocycles. The molecule has 1 aromatic rings. The first-order chi connectivity index (χ1) is 8.68. The van der Waals surface area contributed by atoms with Crippen LogP contribution in [0.25, 0.3) is 0 Å². The lowest BCUT2D eigenvalue weighted by molar-refractivity contribution is -0.313. The minimum absolute atomic E-state index is 0.214. The fraction of sp³-hybridized carbons (Fsp3) is 0.429. The summed E-state index contributed by atoms with van der Waals surface area (Å²) in [6.07, 6.45) is 3.12. The van der Waals surface area contributed by atoms with Gasteiger partial charge in [0, 0.05) is 23.5 Å². The van der Waals surface area contributed by atoms with Crippen LogP contribution in [0.1, 0.15) is 36.0 Å². The summed E-state index contributed by atoms with van der Waals surface area (Å²) < 4.78 is 0. The zero-order valence-electron chi connectivity index (χ0n) is 10.1. The average Bonchev–Trinajstić information content (AvgIpc) is 2.40. The van der Waals surface area contributed by atoms with Crippen molar-refractivity contribution >= 4 is 11.9 Å². The molecule has 1 aliphatic carbocycles. The van der Waals surface area contributed by atoms with E-state index in [-0.39, 0.29) is 11.9 Å². The first kappa shape index (κ1) is 12.6. The molecule has 2 unspecified atom stereocenters. The third kappa shape index (κ3) is 2.88. The van der Waals surface area contributed by atoms with Crippen molar-refractivity contribution in [1.29, 1.82) is 0 Å². The summed E-state index contributed by atoms with van der Waals surface area (Å²) in [4.78, 5) is 23.0. The molecule has 1 amide bonds. The van der Waals surface area contributed by atoms with Crippen molar-refractivity contribution in [2.24, 2.45) is 5.92 Å². The Morgan fingerprint density at radius 2 is 1.78 bits per heavy atom. The van der Waals surface area contributed by atoms with E-state index in [2.05, 4.69) is 5.32 Å². The van der Waals surface area contributed by atoms with Crippen LogP contribution in [0.2, 0.25) is 0 Å². The fourth-order valence-corrected chi connectivity index (χ4v) is 2.43. The second kappa shape index (κ2) is 5.67. The Hall–Kier alpha value is -1.84. The summed E-state index contributed by atoms with van der Waals surface area (Å²) in [7, 11) is 0. The second-order valence-electron chi connectivity index (χ2n) is 4.66. The lowest BCUT2D eigenvalue weighted by Crippen LogP contribution is -2.49. The number of rotatable bonds is 3. The Labute approximate surface area is 106 Å². The SMILES string of the molecule is O=C(NC1CCCCC1C(=O)[O-])c1ccccc1. The zero-order chi connectivity index (χ0) is 13.0. The zero-order valence-corrected chi connectivity index (χ0v) is 10.1. The van der Waals surface area contributed by atoms with Gasteiger partial charge in [-0.25, -0.2) is 0 Å². The fourth-order valence-electron chi connectivity index (χ4n) is 2.43. The molecule has 4 heteroatoms. The number of hydrogen-bond acceptors (Lipinski definition) is 3. The third-order valence-corrected chi connectivity index (χ3v) is 3.42. The van der Waals surface area contributed by atoms with Crippen molar-refractivity contribution in [3.8, 4) is 0 Å². The van der Waals surface area contributed by atoms with Gasteiger partial charge in [-0.15, -0.1) is 0 Å². The van der Waals surface area contributed by atoms with E-state index in [1.165, 1.54) is 0 Å². The lowest BCUT2D eigenvalue weighted by atomic mass is 9.84. The molecule has 0 aromatic heterocycles. The molecule has 0 aliphatic heterocycles. The van der Waals surface area contributed by atoms with E-state index in [4.69, 9.17) is 0 Å². The van der Waals surface area contributed by atoms with Gasteiger partial charge < -0.3 is 15.2 Å². The Balaban J connectivity index is 2.03. The van der Waals surface area contributed by atoms with Crippen molar-refractivity contribution in [2.75, 3.05) is 0 Å². The summed E-state index contributed by atoms with van der Waals surface area (Å²) in [5, 5.41) is 13.8. The van der Waals surface area contributed by atoms with Crippen molar-refractivity contribution in [2.45, 2.75) is 31.7 Å². The number of amides is 1. The highest BCUT2D eigenvalue weighted by Gasteiger charge is 2.27. The maximum Gasteiger partial charge on any atom is 0.251 e. The van der Waals surface area contributed by atoms with E-state index in [9.17, 15) is 14.7 Å². The van der Waals surface area contributed by atoms with Crippen molar-refractivity contribution in [3.05, 3.63) is 35.9 Å². The van der Waals surface area contributed by atoms with Crippen molar-refractivity contribution in [3.63, 3.8) is 0 Å². The molecule has 1 N–H and O–H groups in total. The molecule has 0 spiro atoms. The number of carbonyl (C=O) groups is 2. The molecule has 0 radical (unpaired) electrons. The molecule has 4 nitrogen and oxygen atoms in total. The van der Waals surface area contributed by atoms with E-state index in [1.807, 2.05) is 6.07 Å². The Kier molecular flexibility index (Phi) is 3.97. The van der Waals surface area contributed by atoms with E-state index in [0.717, 1.165) is 12.8 Å². The first-order valence-corrected chi connectivity index (χ1v) is 6.25. The number of aliphatic carboxylic acids is 1. The Bertz CT molecular complexity index is 430. The van der Waals surface area contributed by atoms with Gasteiger partial charge >= 0.3 is 0 Å². The van der Waals surface area contributed by atoms with Crippen LogP contribution in [-0.2, 0) is 4.79 Å². The molecule has 1 fully saturated rings. The summed E-state index contributed by atoms with van der Waals surface area (Å²) in [6, 6.07) is 8.52. The van der Waals surface area contributed by atoms with Crippen LogP contribution in [0, 0.1) is 5.92 Å². The molecule has 2 rings (SSSR count). The molecular formula is C14H16NO3-. The predicted octanol–water partition coefficient (Wildman–Crippen LogP) is 0.725. The standard InChI is InChI=1S/C14H17NO3/c16-13(10-6-2-1-3-7-10)15-12-9-5-4-8-11(12)14(17)18/h1-3,6-7,11-12H,4-5,8-9H2,(H,15,16)(H,17,18)/p-1. The topological polar surface area (TPSA) is 69.2 Å². The minimum Gasteiger partial charge on any atom is -0.550 e. The molecule has 18 heavy (non-hydrogen) atoms. The predicted molar refractivity (Wildman–Crippen MR) is 64.7 cm³/mol. The van der Waals surface area contributed by atoms with Gasteiger partial charge in [-0.3, -0.25) is 4.79 Å². The van der Waals surface area contributed by atoms with Gasteiger partial charge in [-0.1, -0.05) is 31.0 Å². The summed E-state index contributed by atoms with van der Waals surface area (Å²) >= 11 is 0. The maximum atomic E-state index is 12.0. The number of nitrogens with one attached hydrogen (secondary N) is 1. The average molecular weight is 246 g/mol. The highest BCUT2D eigenvalue weighted by molar-refractivity contribution is 5.94. The third-order valence-electron chi connectivity index (χ3n) is 3.42. The maximum absolute atomic E-state index is 12.0.